The lowest BCUT2D eigenvalue weighted by Crippen LogP contribution is -2.27. The standard InChI is InChI=1S/C11H13FN5O5P/c12-6-5(1-2-23(19,20)21)22-11(8(6)18)17-4-16-7-9(13)14-3-15-10(7)17/h1-6,8,11,18H,(H2,13,14,15)(H2,19,20,21)/b2-1+. The molecule has 2 aromatic rings. The van der Waals surface area contributed by atoms with Gasteiger partial charge in [0.2, 0.25) is 0 Å². The predicted octanol–water partition coefficient (Wildman–Crippen LogP) is -0.304. The average Bonchev–Trinajstić information content (AvgIpc) is 3.01. The summed E-state index contributed by atoms with van der Waals surface area (Å²) in [4.78, 5) is 29.3. The number of hydrogen-bond acceptors (Lipinski definition) is 7. The summed E-state index contributed by atoms with van der Waals surface area (Å²) in [6.07, 6.45) is -2.60. The monoisotopic (exact) mass is 345 g/mol. The molecule has 12 heteroatoms. The maximum Gasteiger partial charge on any atom is 0.348 e. The molecule has 5 N–H and O–H groups in total. The van der Waals surface area contributed by atoms with Crippen molar-refractivity contribution in [2.45, 2.75) is 24.6 Å². The van der Waals surface area contributed by atoms with E-state index in [0.717, 1.165) is 6.08 Å². The van der Waals surface area contributed by atoms with E-state index < -0.39 is 32.2 Å². The van der Waals surface area contributed by atoms with E-state index in [0.29, 0.717) is 5.82 Å². The molecule has 1 saturated heterocycles. The quantitative estimate of drug-likeness (QED) is 0.548. The smallest absolute Gasteiger partial charge is 0.348 e. The van der Waals surface area contributed by atoms with Gasteiger partial charge in [0, 0.05) is 5.82 Å². The number of nitrogen functional groups attached to an aromatic ring is 1. The molecule has 4 unspecified atom stereocenters. The number of imidazole rings is 1. The van der Waals surface area contributed by atoms with Crippen LogP contribution in [0.5, 0.6) is 0 Å². The fourth-order valence-electron chi connectivity index (χ4n) is 2.30. The summed E-state index contributed by atoms with van der Waals surface area (Å²) in [5.41, 5.74) is 6.17. The largest absolute Gasteiger partial charge is 0.385 e. The number of nitrogens with zero attached hydrogens (tertiary/aromatic N) is 4. The molecule has 0 amide bonds. The van der Waals surface area contributed by atoms with Crippen LogP contribution in [0.3, 0.4) is 0 Å². The van der Waals surface area contributed by atoms with Gasteiger partial charge in [-0.3, -0.25) is 9.13 Å². The van der Waals surface area contributed by atoms with Gasteiger partial charge in [-0.2, -0.15) is 0 Å². The second-order valence-corrected chi connectivity index (χ2v) is 6.42. The molecule has 0 aromatic carbocycles. The summed E-state index contributed by atoms with van der Waals surface area (Å²) in [5, 5.41) is 10.0. The molecule has 0 saturated carbocycles. The van der Waals surface area contributed by atoms with Crippen molar-refractivity contribution in [1.82, 2.24) is 19.5 Å². The van der Waals surface area contributed by atoms with E-state index in [1.807, 2.05) is 0 Å². The van der Waals surface area contributed by atoms with E-state index in [1.54, 1.807) is 0 Å². The minimum Gasteiger partial charge on any atom is -0.385 e. The molecule has 0 bridgehead atoms. The lowest BCUT2D eigenvalue weighted by molar-refractivity contribution is -0.0233. The van der Waals surface area contributed by atoms with Crippen LogP contribution in [0.15, 0.2) is 24.5 Å². The number of aliphatic hydroxyl groups excluding tert-OH is 1. The maximum atomic E-state index is 14.1. The molecule has 1 fully saturated rings. The van der Waals surface area contributed by atoms with Gasteiger partial charge < -0.3 is 25.4 Å². The first-order valence-corrected chi connectivity index (χ1v) is 8.11. The molecule has 10 nitrogen and oxygen atoms in total. The van der Waals surface area contributed by atoms with Gasteiger partial charge in [0.1, 0.15) is 24.1 Å². The van der Waals surface area contributed by atoms with E-state index >= 15 is 0 Å². The van der Waals surface area contributed by atoms with Gasteiger partial charge >= 0.3 is 7.60 Å². The normalized spacial score (nSPS) is 28.9. The third-order valence-electron chi connectivity index (χ3n) is 3.36. The summed E-state index contributed by atoms with van der Waals surface area (Å²) in [6, 6.07) is 0. The van der Waals surface area contributed by atoms with Crippen molar-refractivity contribution >= 4 is 24.6 Å². The van der Waals surface area contributed by atoms with Crippen molar-refractivity contribution in [1.29, 1.82) is 0 Å². The lowest BCUT2D eigenvalue weighted by Gasteiger charge is -2.15. The van der Waals surface area contributed by atoms with Crippen LogP contribution < -0.4 is 5.73 Å². The molecule has 4 atom stereocenters. The van der Waals surface area contributed by atoms with Crippen LogP contribution in [0.2, 0.25) is 0 Å². The molecule has 1 aliphatic heterocycles. The topological polar surface area (TPSA) is 157 Å². The lowest BCUT2D eigenvalue weighted by atomic mass is 10.1. The highest BCUT2D eigenvalue weighted by Crippen LogP contribution is 2.39. The van der Waals surface area contributed by atoms with Crippen molar-refractivity contribution in [3.8, 4) is 0 Å². The molecule has 3 rings (SSSR count). The second-order valence-electron chi connectivity index (χ2n) is 4.94. The number of hydrogen-bond donors (Lipinski definition) is 4. The summed E-state index contributed by atoms with van der Waals surface area (Å²) in [5.74, 6) is 0.655. The Labute approximate surface area is 128 Å². The molecule has 0 radical (unpaired) electrons. The van der Waals surface area contributed by atoms with Crippen LogP contribution in [0.4, 0.5) is 10.2 Å². The van der Waals surface area contributed by atoms with Crippen molar-refractivity contribution in [3.63, 3.8) is 0 Å². The third kappa shape index (κ3) is 2.96. The maximum absolute atomic E-state index is 14.1. The molecule has 3 heterocycles. The molecule has 0 spiro atoms. The van der Waals surface area contributed by atoms with Crippen molar-refractivity contribution < 1.29 is 28.6 Å². The number of nitrogens with two attached hydrogens (primary N) is 1. The summed E-state index contributed by atoms with van der Waals surface area (Å²) in [6.45, 7) is 0. The first kappa shape index (κ1) is 16.0. The SMILES string of the molecule is Nc1ncnc2c1ncn2C1OC(/C=C/P(=O)(O)O)C(F)C1O. The van der Waals surface area contributed by atoms with E-state index in [9.17, 15) is 14.1 Å². The van der Waals surface area contributed by atoms with Crippen LogP contribution in [-0.2, 0) is 9.30 Å². The number of fused-ring (bicyclic) bond motifs is 1. The number of anilines is 1. The minimum atomic E-state index is -4.46. The van der Waals surface area contributed by atoms with Gasteiger partial charge in [-0.15, -0.1) is 0 Å². The highest BCUT2D eigenvalue weighted by molar-refractivity contribution is 7.55. The average molecular weight is 345 g/mol. The van der Waals surface area contributed by atoms with E-state index in [-0.39, 0.29) is 17.0 Å². The van der Waals surface area contributed by atoms with Crippen LogP contribution in [-0.4, -0.2) is 52.8 Å². The predicted molar refractivity (Wildman–Crippen MR) is 75.7 cm³/mol. The Kier molecular flexibility index (Phi) is 3.90. The first-order valence-electron chi connectivity index (χ1n) is 6.43. The number of aromatic nitrogens is 4. The van der Waals surface area contributed by atoms with Gasteiger partial charge in [0.25, 0.3) is 0 Å². The number of aliphatic hydroxyl groups is 1. The van der Waals surface area contributed by atoms with Crippen molar-refractivity contribution in [3.05, 3.63) is 24.5 Å². The Balaban J connectivity index is 1.93. The van der Waals surface area contributed by atoms with Crippen molar-refractivity contribution in [2.24, 2.45) is 0 Å². The van der Waals surface area contributed by atoms with Gasteiger partial charge in [-0.25, -0.2) is 19.3 Å². The number of alkyl halides is 1. The highest BCUT2D eigenvalue weighted by Gasteiger charge is 2.44. The van der Waals surface area contributed by atoms with Gasteiger partial charge in [-0.05, 0) is 6.08 Å². The molecule has 2 aromatic heterocycles. The fraction of sp³-hybridized carbons (Fsp3) is 0.364. The van der Waals surface area contributed by atoms with Gasteiger partial charge in [0.15, 0.2) is 23.9 Å². The second kappa shape index (κ2) is 5.62. The van der Waals surface area contributed by atoms with Crippen LogP contribution in [0, 0.1) is 0 Å². The Morgan fingerprint density at radius 3 is 2.83 bits per heavy atom. The molecule has 23 heavy (non-hydrogen) atoms. The van der Waals surface area contributed by atoms with Crippen molar-refractivity contribution in [2.75, 3.05) is 5.73 Å². The minimum absolute atomic E-state index is 0.121. The summed E-state index contributed by atoms with van der Waals surface area (Å²) >= 11 is 0. The Morgan fingerprint density at radius 2 is 2.13 bits per heavy atom. The third-order valence-corrected chi connectivity index (χ3v) is 3.92. The van der Waals surface area contributed by atoms with E-state index in [1.165, 1.54) is 17.2 Å². The van der Waals surface area contributed by atoms with Crippen LogP contribution >= 0.6 is 7.60 Å². The zero-order chi connectivity index (χ0) is 16.8. The van der Waals surface area contributed by atoms with E-state index in [4.69, 9.17) is 20.3 Å². The number of rotatable bonds is 3. The first-order chi connectivity index (χ1) is 10.8. The molecule has 0 aliphatic carbocycles. The Bertz CT molecular complexity index is 807. The number of halogens is 1. The summed E-state index contributed by atoms with van der Waals surface area (Å²) in [7, 11) is -4.46. The Hall–Kier alpha value is -1.91. The zero-order valence-electron chi connectivity index (χ0n) is 11.5. The fourth-order valence-corrected chi connectivity index (χ4v) is 2.70. The van der Waals surface area contributed by atoms with Crippen LogP contribution in [0.25, 0.3) is 11.2 Å². The summed E-state index contributed by atoms with van der Waals surface area (Å²) < 4.78 is 31.6. The number of ether oxygens (including phenoxy) is 1. The highest BCUT2D eigenvalue weighted by atomic mass is 31.2. The van der Waals surface area contributed by atoms with Gasteiger partial charge in [-0.1, -0.05) is 0 Å². The Morgan fingerprint density at radius 1 is 1.39 bits per heavy atom. The molecular weight excluding hydrogens is 332 g/mol. The zero-order valence-corrected chi connectivity index (χ0v) is 12.4. The molecule has 124 valence electrons. The van der Waals surface area contributed by atoms with Crippen LogP contribution in [0.1, 0.15) is 6.23 Å². The molecule has 1 aliphatic rings. The van der Waals surface area contributed by atoms with E-state index in [2.05, 4.69) is 15.0 Å². The molecular formula is C11H13FN5O5P. The van der Waals surface area contributed by atoms with Gasteiger partial charge in [0.05, 0.1) is 6.33 Å².